The summed E-state index contributed by atoms with van der Waals surface area (Å²) in [6.45, 7) is 6.25. The molecule has 1 aromatic carbocycles. The van der Waals surface area contributed by atoms with Crippen LogP contribution in [0.1, 0.15) is 43.9 Å². The van der Waals surface area contributed by atoms with Gasteiger partial charge in [0.1, 0.15) is 10.6 Å². The van der Waals surface area contributed by atoms with Crippen molar-refractivity contribution in [2.75, 3.05) is 6.54 Å². The average Bonchev–Trinajstić information content (AvgIpc) is 3.08. The van der Waals surface area contributed by atoms with Gasteiger partial charge in [0.05, 0.1) is 6.20 Å². The molecule has 0 unspecified atom stereocenters. The number of imidazole rings is 1. The van der Waals surface area contributed by atoms with Crippen molar-refractivity contribution in [2.24, 2.45) is 0 Å². The van der Waals surface area contributed by atoms with Crippen LogP contribution >= 0.6 is 11.3 Å². The third-order valence-electron chi connectivity index (χ3n) is 3.68. The number of hydrogen-bond donors (Lipinski definition) is 1. The Morgan fingerprint density at radius 1 is 1.22 bits per heavy atom. The van der Waals surface area contributed by atoms with Gasteiger partial charge < -0.3 is 5.32 Å². The second-order valence-electron chi connectivity index (χ2n) is 5.33. The Morgan fingerprint density at radius 3 is 2.57 bits per heavy atom. The monoisotopic (exact) mass is 327 g/mol. The summed E-state index contributed by atoms with van der Waals surface area (Å²) in [5.74, 6) is -0.227. The van der Waals surface area contributed by atoms with Crippen LogP contribution in [0, 0.1) is 13.8 Å². The molecule has 118 valence electrons. The van der Waals surface area contributed by atoms with Gasteiger partial charge in [0.2, 0.25) is 5.78 Å². The third kappa shape index (κ3) is 2.66. The van der Waals surface area contributed by atoms with E-state index in [0.29, 0.717) is 27.6 Å². The van der Waals surface area contributed by atoms with Crippen molar-refractivity contribution >= 4 is 28.0 Å². The summed E-state index contributed by atoms with van der Waals surface area (Å²) >= 11 is 1.30. The zero-order valence-corrected chi connectivity index (χ0v) is 14.0. The molecule has 0 fully saturated rings. The van der Waals surface area contributed by atoms with E-state index in [9.17, 15) is 9.59 Å². The summed E-state index contributed by atoms with van der Waals surface area (Å²) in [5, 5.41) is 2.79. The van der Waals surface area contributed by atoms with Crippen LogP contribution in [0.2, 0.25) is 0 Å². The van der Waals surface area contributed by atoms with Crippen LogP contribution in [0.4, 0.5) is 0 Å². The number of hydrogen-bond acceptors (Lipinski definition) is 4. The van der Waals surface area contributed by atoms with Gasteiger partial charge in [-0.05, 0) is 20.8 Å². The van der Waals surface area contributed by atoms with Gasteiger partial charge in [0, 0.05) is 17.8 Å². The molecule has 0 bridgehead atoms. The Labute approximate surface area is 138 Å². The standard InChI is InChI=1S/C17H17N3O2S/c1-4-18-16(22)15-11(3)20-13(9-19-17(20)23-15)14(21)12-7-5-10(2)6-8-12/h5-9H,4H2,1-3H3,(H,18,22). The topological polar surface area (TPSA) is 63.5 Å². The van der Waals surface area contributed by atoms with E-state index < -0.39 is 0 Å². The highest BCUT2D eigenvalue weighted by molar-refractivity contribution is 7.19. The fourth-order valence-electron chi connectivity index (χ4n) is 2.46. The SMILES string of the molecule is CCNC(=O)c1sc2ncc(C(=O)c3ccc(C)cc3)n2c1C. The highest BCUT2D eigenvalue weighted by Gasteiger charge is 2.21. The summed E-state index contributed by atoms with van der Waals surface area (Å²) in [5.41, 5.74) is 2.94. The molecule has 2 aromatic heterocycles. The molecule has 1 N–H and O–H groups in total. The van der Waals surface area contributed by atoms with Crippen molar-refractivity contribution in [3.8, 4) is 0 Å². The lowest BCUT2D eigenvalue weighted by Crippen LogP contribution is -2.22. The molecule has 0 atom stereocenters. The first-order chi connectivity index (χ1) is 11.0. The van der Waals surface area contributed by atoms with Crippen molar-refractivity contribution in [3.63, 3.8) is 0 Å². The predicted octanol–water partition coefficient (Wildman–Crippen LogP) is 2.99. The number of aryl methyl sites for hydroxylation is 2. The number of benzene rings is 1. The van der Waals surface area contributed by atoms with Gasteiger partial charge in [-0.25, -0.2) is 4.98 Å². The minimum atomic E-state index is -0.130. The number of thiazole rings is 1. The van der Waals surface area contributed by atoms with Gasteiger partial charge in [0.25, 0.3) is 5.91 Å². The number of aromatic nitrogens is 2. The molecular formula is C17H17N3O2S. The number of ketones is 1. The zero-order valence-electron chi connectivity index (χ0n) is 13.2. The van der Waals surface area contributed by atoms with E-state index in [1.807, 2.05) is 45.0 Å². The minimum Gasteiger partial charge on any atom is -0.352 e. The second-order valence-corrected chi connectivity index (χ2v) is 6.31. The third-order valence-corrected chi connectivity index (χ3v) is 4.83. The Kier molecular flexibility index (Phi) is 4.00. The molecule has 2 heterocycles. The van der Waals surface area contributed by atoms with Gasteiger partial charge in [-0.1, -0.05) is 41.2 Å². The summed E-state index contributed by atoms with van der Waals surface area (Å²) < 4.78 is 1.76. The van der Waals surface area contributed by atoms with E-state index in [0.717, 1.165) is 11.3 Å². The summed E-state index contributed by atoms with van der Waals surface area (Å²) in [6.07, 6.45) is 1.57. The number of nitrogens with zero attached hydrogens (tertiary/aromatic N) is 2. The second kappa shape index (κ2) is 5.96. The molecule has 0 spiro atoms. The maximum absolute atomic E-state index is 12.7. The zero-order chi connectivity index (χ0) is 16.6. The number of amides is 1. The molecule has 0 saturated carbocycles. The van der Waals surface area contributed by atoms with Gasteiger partial charge in [0.15, 0.2) is 4.96 Å². The van der Waals surface area contributed by atoms with Crippen molar-refractivity contribution in [3.05, 3.63) is 57.9 Å². The number of carbonyl (C=O) groups is 2. The molecule has 0 aliphatic carbocycles. The molecular weight excluding hydrogens is 310 g/mol. The van der Waals surface area contributed by atoms with E-state index in [2.05, 4.69) is 10.3 Å². The van der Waals surface area contributed by atoms with Gasteiger partial charge in [-0.15, -0.1) is 0 Å². The normalized spacial score (nSPS) is 10.9. The van der Waals surface area contributed by atoms with Gasteiger partial charge in [-0.2, -0.15) is 0 Å². The number of fused-ring (bicyclic) bond motifs is 1. The Bertz CT molecular complexity index is 891. The minimum absolute atomic E-state index is 0.0964. The molecule has 0 radical (unpaired) electrons. The molecule has 0 saturated heterocycles. The van der Waals surface area contributed by atoms with Crippen molar-refractivity contribution in [1.29, 1.82) is 0 Å². The lowest BCUT2D eigenvalue weighted by atomic mass is 10.1. The van der Waals surface area contributed by atoms with Crippen LogP contribution < -0.4 is 5.32 Å². The molecule has 0 aliphatic heterocycles. The maximum Gasteiger partial charge on any atom is 0.263 e. The largest absolute Gasteiger partial charge is 0.352 e. The van der Waals surface area contributed by atoms with E-state index in [4.69, 9.17) is 0 Å². The molecule has 3 aromatic rings. The molecule has 23 heavy (non-hydrogen) atoms. The average molecular weight is 327 g/mol. The van der Waals surface area contributed by atoms with Gasteiger partial charge in [-0.3, -0.25) is 14.0 Å². The maximum atomic E-state index is 12.7. The Hall–Kier alpha value is -2.47. The summed E-state index contributed by atoms with van der Waals surface area (Å²) in [4.78, 5) is 30.4. The molecule has 5 nitrogen and oxygen atoms in total. The Morgan fingerprint density at radius 2 is 1.91 bits per heavy atom. The van der Waals surface area contributed by atoms with Crippen LogP contribution in [0.25, 0.3) is 4.96 Å². The van der Waals surface area contributed by atoms with E-state index in [1.165, 1.54) is 11.3 Å². The van der Waals surface area contributed by atoms with Crippen molar-refractivity contribution in [2.45, 2.75) is 20.8 Å². The van der Waals surface area contributed by atoms with Crippen molar-refractivity contribution in [1.82, 2.24) is 14.7 Å². The Balaban J connectivity index is 2.06. The van der Waals surface area contributed by atoms with Crippen LogP contribution in [0.3, 0.4) is 0 Å². The lowest BCUT2D eigenvalue weighted by molar-refractivity contribution is 0.0957. The lowest BCUT2D eigenvalue weighted by Gasteiger charge is -2.03. The van der Waals surface area contributed by atoms with Crippen LogP contribution in [0.15, 0.2) is 30.5 Å². The number of nitrogens with one attached hydrogen (secondary N) is 1. The summed E-state index contributed by atoms with van der Waals surface area (Å²) in [7, 11) is 0. The van der Waals surface area contributed by atoms with Crippen molar-refractivity contribution < 1.29 is 9.59 Å². The molecule has 1 amide bonds. The summed E-state index contributed by atoms with van der Waals surface area (Å²) in [6, 6.07) is 7.44. The predicted molar refractivity (Wildman–Crippen MR) is 90.4 cm³/mol. The van der Waals surface area contributed by atoms with Gasteiger partial charge >= 0.3 is 0 Å². The highest BCUT2D eigenvalue weighted by Crippen LogP contribution is 2.25. The molecule has 0 aliphatic rings. The van der Waals surface area contributed by atoms with E-state index in [-0.39, 0.29) is 11.7 Å². The quantitative estimate of drug-likeness (QED) is 0.749. The first kappa shape index (κ1) is 15.4. The first-order valence-electron chi connectivity index (χ1n) is 7.39. The number of rotatable bonds is 4. The van der Waals surface area contributed by atoms with Crippen LogP contribution in [-0.4, -0.2) is 27.6 Å². The highest BCUT2D eigenvalue weighted by atomic mass is 32.1. The fraction of sp³-hybridized carbons (Fsp3) is 0.235. The van der Waals surface area contributed by atoms with E-state index in [1.54, 1.807) is 10.6 Å². The smallest absolute Gasteiger partial charge is 0.263 e. The fourth-order valence-corrected chi connectivity index (χ4v) is 3.48. The van der Waals surface area contributed by atoms with Crippen LogP contribution in [0.5, 0.6) is 0 Å². The number of carbonyl (C=O) groups excluding carboxylic acids is 2. The first-order valence-corrected chi connectivity index (χ1v) is 8.21. The molecule has 3 rings (SSSR count). The van der Waals surface area contributed by atoms with E-state index >= 15 is 0 Å². The molecule has 6 heteroatoms. The van der Waals surface area contributed by atoms with Crippen LogP contribution in [-0.2, 0) is 0 Å².